The Morgan fingerprint density at radius 3 is 2.43 bits per heavy atom. The van der Waals surface area contributed by atoms with Gasteiger partial charge in [0.25, 0.3) is 0 Å². The van der Waals surface area contributed by atoms with Crippen molar-refractivity contribution in [2.45, 2.75) is 19.5 Å². The Morgan fingerprint density at radius 2 is 1.76 bits per heavy atom. The molecule has 0 aliphatic carbocycles. The SMILES string of the molecule is COc1ccc(C(C)NCc2ccccc2O)cc1OC. The molecule has 0 fully saturated rings. The van der Waals surface area contributed by atoms with Crippen molar-refractivity contribution >= 4 is 0 Å². The molecular weight excluding hydrogens is 266 g/mol. The highest BCUT2D eigenvalue weighted by Gasteiger charge is 2.10. The lowest BCUT2D eigenvalue weighted by Crippen LogP contribution is -2.18. The largest absolute Gasteiger partial charge is 0.508 e. The van der Waals surface area contributed by atoms with E-state index in [-0.39, 0.29) is 6.04 Å². The van der Waals surface area contributed by atoms with Crippen LogP contribution in [0.4, 0.5) is 0 Å². The fourth-order valence-corrected chi connectivity index (χ4v) is 2.16. The van der Waals surface area contributed by atoms with E-state index in [1.54, 1.807) is 20.3 Å². The number of nitrogens with one attached hydrogen (secondary N) is 1. The minimum Gasteiger partial charge on any atom is -0.508 e. The van der Waals surface area contributed by atoms with Crippen molar-refractivity contribution in [3.05, 3.63) is 53.6 Å². The maximum atomic E-state index is 9.77. The summed E-state index contributed by atoms with van der Waals surface area (Å²) in [7, 11) is 3.25. The highest BCUT2D eigenvalue weighted by molar-refractivity contribution is 5.43. The third kappa shape index (κ3) is 3.67. The molecule has 0 aromatic heterocycles. The van der Waals surface area contributed by atoms with E-state index in [1.807, 2.05) is 36.4 Å². The zero-order valence-corrected chi connectivity index (χ0v) is 12.6. The Balaban J connectivity index is 2.06. The number of rotatable bonds is 6. The molecule has 112 valence electrons. The first-order valence-electron chi connectivity index (χ1n) is 6.88. The number of phenols is 1. The van der Waals surface area contributed by atoms with E-state index in [9.17, 15) is 5.11 Å². The van der Waals surface area contributed by atoms with Gasteiger partial charge in [-0.25, -0.2) is 0 Å². The van der Waals surface area contributed by atoms with Gasteiger partial charge in [-0.05, 0) is 30.7 Å². The van der Waals surface area contributed by atoms with Gasteiger partial charge in [0, 0.05) is 18.2 Å². The number of hydrogen-bond donors (Lipinski definition) is 2. The van der Waals surface area contributed by atoms with E-state index < -0.39 is 0 Å². The minimum atomic E-state index is 0.129. The molecule has 4 heteroatoms. The Kier molecular flexibility index (Phi) is 5.06. The van der Waals surface area contributed by atoms with Crippen LogP contribution in [0.5, 0.6) is 17.2 Å². The number of aromatic hydroxyl groups is 1. The Labute approximate surface area is 125 Å². The van der Waals surface area contributed by atoms with Crippen molar-refractivity contribution in [2.24, 2.45) is 0 Å². The molecule has 2 aromatic carbocycles. The van der Waals surface area contributed by atoms with Crippen LogP contribution < -0.4 is 14.8 Å². The second-order valence-corrected chi connectivity index (χ2v) is 4.85. The van der Waals surface area contributed by atoms with E-state index in [4.69, 9.17) is 9.47 Å². The fraction of sp³-hybridized carbons (Fsp3) is 0.294. The molecule has 1 atom stereocenters. The standard InChI is InChI=1S/C17H21NO3/c1-12(18-11-14-6-4-5-7-15(14)19)13-8-9-16(20-2)17(10-13)21-3/h4-10,12,18-19H,11H2,1-3H3. The first-order chi connectivity index (χ1) is 10.2. The van der Waals surface area contributed by atoms with Crippen LogP contribution in [-0.2, 0) is 6.54 Å². The van der Waals surface area contributed by atoms with Crippen LogP contribution >= 0.6 is 0 Å². The van der Waals surface area contributed by atoms with Gasteiger partial charge in [0.2, 0.25) is 0 Å². The molecule has 0 amide bonds. The molecule has 2 aromatic rings. The van der Waals surface area contributed by atoms with E-state index in [1.165, 1.54) is 0 Å². The number of benzene rings is 2. The van der Waals surface area contributed by atoms with Gasteiger partial charge in [-0.2, -0.15) is 0 Å². The first-order valence-corrected chi connectivity index (χ1v) is 6.88. The van der Waals surface area contributed by atoms with Crippen molar-refractivity contribution in [3.63, 3.8) is 0 Å². The molecule has 4 nitrogen and oxygen atoms in total. The van der Waals surface area contributed by atoms with Gasteiger partial charge in [0.15, 0.2) is 11.5 Å². The summed E-state index contributed by atoms with van der Waals surface area (Å²) < 4.78 is 10.6. The normalized spacial score (nSPS) is 12.0. The Hall–Kier alpha value is -2.20. The predicted molar refractivity (Wildman–Crippen MR) is 82.9 cm³/mol. The lowest BCUT2D eigenvalue weighted by atomic mass is 10.1. The fourth-order valence-electron chi connectivity index (χ4n) is 2.16. The van der Waals surface area contributed by atoms with Crippen LogP contribution in [0.2, 0.25) is 0 Å². The summed E-state index contributed by atoms with van der Waals surface area (Å²) in [5, 5.41) is 13.2. The monoisotopic (exact) mass is 287 g/mol. The maximum absolute atomic E-state index is 9.77. The number of phenolic OH excluding ortho intramolecular Hbond substituents is 1. The molecule has 2 rings (SSSR count). The number of ether oxygens (including phenoxy) is 2. The Bertz CT molecular complexity index is 598. The van der Waals surface area contributed by atoms with Gasteiger partial charge in [-0.3, -0.25) is 0 Å². The van der Waals surface area contributed by atoms with Gasteiger partial charge < -0.3 is 19.9 Å². The van der Waals surface area contributed by atoms with Gasteiger partial charge in [-0.1, -0.05) is 24.3 Å². The molecule has 0 bridgehead atoms. The third-order valence-corrected chi connectivity index (χ3v) is 3.50. The molecule has 0 saturated carbocycles. The summed E-state index contributed by atoms with van der Waals surface area (Å²) >= 11 is 0. The van der Waals surface area contributed by atoms with Crippen molar-refractivity contribution in [1.29, 1.82) is 0 Å². The van der Waals surface area contributed by atoms with Crippen LogP contribution in [0.3, 0.4) is 0 Å². The van der Waals surface area contributed by atoms with Crippen LogP contribution in [0, 0.1) is 0 Å². The van der Waals surface area contributed by atoms with Crippen molar-refractivity contribution in [3.8, 4) is 17.2 Å². The summed E-state index contributed by atoms with van der Waals surface area (Å²) in [5.41, 5.74) is 1.98. The highest BCUT2D eigenvalue weighted by atomic mass is 16.5. The summed E-state index contributed by atoms with van der Waals surface area (Å²) in [6.07, 6.45) is 0. The molecule has 2 N–H and O–H groups in total. The number of para-hydroxylation sites is 1. The minimum absolute atomic E-state index is 0.129. The molecule has 0 heterocycles. The smallest absolute Gasteiger partial charge is 0.161 e. The Morgan fingerprint density at radius 1 is 1.05 bits per heavy atom. The first kappa shape index (κ1) is 15.2. The number of hydrogen-bond acceptors (Lipinski definition) is 4. The molecule has 21 heavy (non-hydrogen) atoms. The summed E-state index contributed by atoms with van der Waals surface area (Å²) in [5.74, 6) is 1.74. The van der Waals surface area contributed by atoms with Crippen LogP contribution in [0.1, 0.15) is 24.1 Å². The van der Waals surface area contributed by atoms with Crippen LogP contribution in [0.25, 0.3) is 0 Å². The summed E-state index contributed by atoms with van der Waals surface area (Å²) in [6.45, 7) is 2.67. The lowest BCUT2D eigenvalue weighted by Gasteiger charge is -2.17. The van der Waals surface area contributed by atoms with Crippen molar-refractivity contribution in [1.82, 2.24) is 5.32 Å². The van der Waals surface area contributed by atoms with E-state index in [0.717, 1.165) is 11.1 Å². The lowest BCUT2D eigenvalue weighted by molar-refractivity contribution is 0.354. The average molecular weight is 287 g/mol. The molecule has 1 unspecified atom stereocenters. The molecule has 0 spiro atoms. The molecule has 0 radical (unpaired) electrons. The maximum Gasteiger partial charge on any atom is 0.161 e. The molecule has 0 saturated heterocycles. The van der Waals surface area contributed by atoms with E-state index in [0.29, 0.717) is 23.8 Å². The van der Waals surface area contributed by atoms with Crippen LogP contribution in [0.15, 0.2) is 42.5 Å². The van der Waals surface area contributed by atoms with Crippen molar-refractivity contribution < 1.29 is 14.6 Å². The second-order valence-electron chi connectivity index (χ2n) is 4.85. The van der Waals surface area contributed by atoms with Gasteiger partial charge in [0.1, 0.15) is 5.75 Å². The summed E-state index contributed by atoms with van der Waals surface area (Å²) in [6, 6.07) is 13.3. The van der Waals surface area contributed by atoms with Gasteiger partial charge in [0.05, 0.1) is 14.2 Å². The van der Waals surface area contributed by atoms with Crippen LogP contribution in [-0.4, -0.2) is 19.3 Å². The highest BCUT2D eigenvalue weighted by Crippen LogP contribution is 2.30. The summed E-state index contributed by atoms with van der Waals surface area (Å²) in [4.78, 5) is 0. The topological polar surface area (TPSA) is 50.7 Å². The number of methoxy groups -OCH3 is 2. The zero-order valence-electron chi connectivity index (χ0n) is 12.6. The zero-order chi connectivity index (χ0) is 15.2. The quantitative estimate of drug-likeness (QED) is 0.856. The van der Waals surface area contributed by atoms with Gasteiger partial charge in [-0.15, -0.1) is 0 Å². The molecular formula is C17H21NO3. The van der Waals surface area contributed by atoms with Crippen molar-refractivity contribution in [2.75, 3.05) is 14.2 Å². The van der Waals surface area contributed by atoms with E-state index >= 15 is 0 Å². The van der Waals surface area contributed by atoms with E-state index in [2.05, 4.69) is 12.2 Å². The average Bonchev–Trinajstić information content (AvgIpc) is 2.53. The van der Waals surface area contributed by atoms with Gasteiger partial charge >= 0.3 is 0 Å². The third-order valence-electron chi connectivity index (χ3n) is 3.50. The predicted octanol–water partition coefficient (Wildman–Crippen LogP) is 3.26. The molecule has 0 aliphatic heterocycles. The second kappa shape index (κ2) is 6.99. The molecule has 0 aliphatic rings.